The molecule has 0 saturated heterocycles. The molecule has 10 heteroatoms. The number of allylic oxidation sites excluding steroid dienone is 1. The summed E-state index contributed by atoms with van der Waals surface area (Å²) in [5.41, 5.74) is 3.06. The van der Waals surface area contributed by atoms with Crippen LogP contribution in [-0.2, 0) is 16.1 Å². The molecular weight excluding hydrogens is 620 g/mol. The second kappa shape index (κ2) is 12.8. The third-order valence-electron chi connectivity index (χ3n) is 6.72. The Balaban J connectivity index is 1.58. The van der Waals surface area contributed by atoms with E-state index in [0.29, 0.717) is 48.9 Å². The lowest BCUT2D eigenvalue weighted by molar-refractivity contribution is -0.139. The lowest BCUT2D eigenvalue weighted by Gasteiger charge is -2.24. The Morgan fingerprint density at radius 2 is 1.81 bits per heavy atom. The first kappa shape index (κ1) is 29.3. The van der Waals surface area contributed by atoms with Crippen LogP contribution in [0.15, 0.2) is 92.3 Å². The first-order valence-corrected chi connectivity index (χ1v) is 14.8. The summed E-state index contributed by atoms with van der Waals surface area (Å²) in [4.78, 5) is 32.2. The number of fused-ring (bicyclic) bond motifs is 1. The molecule has 42 heavy (non-hydrogen) atoms. The van der Waals surface area contributed by atoms with Crippen molar-refractivity contribution in [1.82, 2.24) is 4.57 Å². The van der Waals surface area contributed by atoms with Gasteiger partial charge in [-0.15, -0.1) is 0 Å². The summed E-state index contributed by atoms with van der Waals surface area (Å²) in [6.45, 7) is 4.09. The second-order valence-corrected chi connectivity index (χ2v) is 11.2. The standard InChI is InChI=1S/C32H29BrN2O6S/c1-5-40-31(37)27-19(2)34-32-35(28(27)22-11-13-23(38-3)14-12-22)30(36)26(42-32)17-21-15-24(33)29(25(16-21)39-4)41-18-20-9-7-6-8-10-20/h6-17,28H,5,18H2,1-4H3. The third-order valence-corrected chi connectivity index (χ3v) is 8.30. The van der Waals surface area contributed by atoms with Crippen molar-refractivity contribution in [2.24, 2.45) is 4.99 Å². The number of halogens is 1. The molecule has 1 unspecified atom stereocenters. The van der Waals surface area contributed by atoms with Crippen LogP contribution in [0.25, 0.3) is 6.08 Å². The average Bonchev–Trinajstić information content (AvgIpc) is 3.30. The molecule has 8 nitrogen and oxygen atoms in total. The van der Waals surface area contributed by atoms with Crippen molar-refractivity contribution in [1.29, 1.82) is 0 Å². The Hall–Kier alpha value is -4.15. The lowest BCUT2D eigenvalue weighted by Crippen LogP contribution is -2.39. The Bertz CT molecular complexity index is 1830. The van der Waals surface area contributed by atoms with Gasteiger partial charge in [-0.3, -0.25) is 9.36 Å². The smallest absolute Gasteiger partial charge is 0.338 e. The number of aromatic nitrogens is 1. The molecule has 2 heterocycles. The topological polar surface area (TPSA) is 88.4 Å². The molecule has 1 aliphatic rings. The van der Waals surface area contributed by atoms with Crippen LogP contribution < -0.4 is 29.1 Å². The summed E-state index contributed by atoms with van der Waals surface area (Å²) in [7, 11) is 3.16. The van der Waals surface area contributed by atoms with Gasteiger partial charge >= 0.3 is 5.97 Å². The predicted molar refractivity (Wildman–Crippen MR) is 165 cm³/mol. The van der Waals surface area contributed by atoms with Crippen LogP contribution in [0, 0.1) is 0 Å². The number of thiazole rings is 1. The summed E-state index contributed by atoms with van der Waals surface area (Å²) < 4.78 is 25.1. The number of esters is 1. The molecular formula is C32H29BrN2O6S. The minimum Gasteiger partial charge on any atom is -0.497 e. The Labute approximate surface area is 255 Å². The minimum absolute atomic E-state index is 0.205. The van der Waals surface area contributed by atoms with E-state index in [0.717, 1.165) is 16.7 Å². The van der Waals surface area contributed by atoms with Gasteiger partial charge in [-0.2, -0.15) is 0 Å². The first-order valence-electron chi connectivity index (χ1n) is 13.2. The highest BCUT2D eigenvalue weighted by Crippen LogP contribution is 2.37. The Morgan fingerprint density at radius 3 is 2.48 bits per heavy atom. The largest absolute Gasteiger partial charge is 0.497 e. The van der Waals surface area contributed by atoms with Gasteiger partial charge in [0, 0.05) is 0 Å². The SMILES string of the molecule is CCOC(=O)C1=C(C)N=c2sc(=Cc3cc(Br)c(OCc4ccccc4)c(OC)c3)c(=O)n2C1c1ccc(OC)cc1. The average molecular weight is 650 g/mol. The Morgan fingerprint density at radius 1 is 1.07 bits per heavy atom. The zero-order valence-corrected chi connectivity index (χ0v) is 26.0. The molecule has 216 valence electrons. The summed E-state index contributed by atoms with van der Waals surface area (Å²) in [5, 5.41) is 0. The zero-order valence-electron chi connectivity index (χ0n) is 23.5. The molecule has 5 rings (SSSR count). The summed E-state index contributed by atoms with van der Waals surface area (Å²) in [5.74, 6) is 1.25. The normalized spacial score (nSPS) is 14.7. The number of ether oxygens (including phenoxy) is 4. The molecule has 0 fully saturated rings. The second-order valence-electron chi connectivity index (χ2n) is 9.38. The van der Waals surface area contributed by atoms with Crippen LogP contribution in [0.5, 0.6) is 17.2 Å². The number of hydrogen-bond acceptors (Lipinski definition) is 8. The molecule has 0 radical (unpaired) electrons. The summed E-state index contributed by atoms with van der Waals surface area (Å²) in [6, 6.07) is 20.1. The van der Waals surface area contributed by atoms with Gasteiger partial charge in [0.05, 0.1) is 47.1 Å². The monoisotopic (exact) mass is 648 g/mol. The van der Waals surface area contributed by atoms with Gasteiger partial charge in [-0.25, -0.2) is 9.79 Å². The Kier molecular flexibility index (Phi) is 8.94. The zero-order chi connectivity index (χ0) is 29.8. The van der Waals surface area contributed by atoms with Gasteiger partial charge in [0.1, 0.15) is 12.4 Å². The highest BCUT2D eigenvalue weighted by molar-refractivity contribution is 9.10. The molecule has 0 aliphatic carbocycles. The maximum atomic E-state index is 13.9. The number of carbonyl (C=O) groups is 1. The van der Waals surface area contributed by atoms with Crippen LogP contribution in [0.1, 0.15) is 36.6 Å². The molecule has 3 aromatic carbocycles. The summed E-state index contributed by atoms with van der Waals surface area (Å²) >= 11 is 4.86. The van der Waals surface area contributed by atoms with Crippen molar-refractivity contribution in [3.8, 4) is 17.2 Å². The summed E-state index contributed by atoms with van der Waals surface area (Å²) in [6.07, 6.45) is 1.78. The van der Waals surface area contributed by atoms with Gasteiger partial charge in [-0.1, -0.05) is 53.8 Å². The number of nitrogens with zero attached hydrogens (tertiary/aromatic N) is 2. The predicted octanol–water partition coefficient (Wildman–Crippen LogP) is 5.16. The fraction of sp³-hybridized carbons (Fsp3) is 0.219. The van der Waals surface area contributed by atoms with Crippen LogP contribution in [0.4, 0.5) is 0 Å². The lowest BCUT2D eigenvalue weighted by atomic mass is 9.96. The van der Waals surface area contributed by atoms with E-state index in [2.05, 4.69) is 20.9 Å². The van der Waals surface area contributed by atoms with E-state index < -0.39 is 12.0 Å². The number of benzene rings is 3. The fourth-order valence-electron chi connectivity index (χ4n) is 4.74. The van der Waals surface area contributed by atoms with E-state index in [1.807, 2.05) is 54.6 Å². The minimum atomic E-state index is -0.705. The van der Waals surface area contributed by atoms with Crippen molar-refractivity contribution in [2.75, 3.05) is 20.8 Å². The van der Waals surface area contributed by atoms with E-state index in [4.69, 9.17) is 18.9 Å². The van der Waals surface area contributed by atoms with Gasteiger partial charge in [0.25, 0.3) is 5.56 Å². The highest BCUT2D eigenvalue weighted by Gasteiger charge is 2.33. The third kappa shape index (κ3) is 5.91. The molecule has 4 aromatic rings. The maximum absolute atomic E-state index is 13.9. The van der Waals surface area contributed by atoms with Crippen LogP contribution in [0.3, 0.4) is 0 Å². The molecule has 1 aromatic heterocycles. The van der Waals surface area contributed by atoms with E-state index in [1.165, 1.54) is 11.3 Å². The number of methoxy groups -OCH3 is 2. The molecule has 0 bridgehead atoms. The molecule has 0 N–H and O–H groups in total. The number of hydrogen-bond donors (Lipinski definition) is 0. The quantitative estimate of drug-likeness (QED) is 0.233. The van der Waals surface area contributed by atoms with Crippen molar-refractivity contribution in [3.05, 3.63) is 119 Å². The first-order chi connectivity index (χ1) is 20.3. The highest BCUT2D eigenvalue weighted by atomic mass is 79.9. The van der Waals surface area contributed by atoms with Gasteiger partial charge in [0.15, 0.2) is 16.3 Å². The van der Waals surface area contributed by atoms with Gasteiger partial charge in [-0.05, 0) is 76.8 Å². The van der Waals surface area contributed by atoms with Crippen molar-refractivity contribution < 1.29 is 23.7 Å². The van der Waals surface area contributed by atoms with Gasteiger partial charge < -0.3 is 18.9 Å². The van der Waals surface area contributed by atoms with Crippen LogP contribution in [-0.4, -0.2) is 31.4 Å². The van der Waals surface area contributed by atoms with Crippen molar-refractivity contribution >= 4 is 39.3 Å². The van der Waals surface area contributed by atoms with Crippen LogP contribution in [0.2, 0.25) is 0 Å². The number of carbonyl (C=O) groups excluding carboxylic acids is 1. The van der Waals surface area contributed by atoms with Crippen molar-refractivity contribution in [2.45, 2.75) is 26.5 Å². The number of rotatable bonds is 9. The van der Waals surface area contributed by atoms with Crippen LogP contribution >= 0.6 is 27.3 Å². The van der Waals surface area contributed by atoms with E-state index >= 15 is 0 Å². The van der Waals surface area contributed by atoms with E-state index in [1.54, 1.807) is 50.8 Å². The maximum Gasteiger partial charge on any atom is 0.338 e. The van der Waals surface area contributed by atoms with E-state index in [9.17, 15) is 9.59 Å². The molecule has 0 spiro atoms. The molecule has 0 amide bonds. The van der Waals surface area contributed by atoms with Crippen molar-refractivity contribution in [3.63, 3.8) is 0 Å². The molecule has 1 atom stereocenters. The fourth-order valence-corrected chi connectivity index (χ4v) is 6.36. The van der Waals surface area contributed by atoms with E-state index in [-0.39, 0.29) is 12.2 Å². The molecule has 1 aliphatic heterocycles. The van der Waals surface area contributed by atoms with Gasteiger partial charge in [0.2, 0.25) is 0 Å². The molecule has 0 saturated carbocycles.